The van der Waals surface area contributed by atoms with Crippen LogP contribution in [0.4, 0.5) is 21.0 Å². The minimum absolute atomic E-state index is 0.218. The highest BCUT2D eigenvalue weighted by molar-refractivity contribution is 6.00. The Labute approximate surface area is 180 Å². The van der Waals surface area contributed by atoms with Gasteiger partial charge in [0.2, 0.25) is 0 Å². The second-order valence-electron chi connectivity index (χ2n) is 6.99. The highest BCUT2D eigenvalue weighted by Crippen LogP contribution is 2.23. The molecule has 3 amide bonds. The van der Waals surface area contributed by atoms with Crippen LogP contribution in [-0.4, -0.2) is 38.6 Å². The van der Waals surface area contributed by atoms with E-state index in [1.54, 1.807) is 36.4 Å². The molecule has 2 aromatic rings. The summed E-state index contributed by atoms with van der Waals surface area (Å²) < 4.78 is 15.7. The number of rotatable bonds is 6. The average Bonchev–Trinajstić information content (AvgIpc) is 3.26. The Morgan fingerprint density at radius 1 is 1.19 bits per heavy atom. The van der Waals surface area contributed by atoms with Crippen LogP contribution in [0.1, 0.15) is 30.5 Å². The van der Waals surface area contributed by atoms with Crippen LogP contribution in [0.5, 0.6) is 5.75 Å². The van der Waals surface area contributed by atoms with Crippen LogP contribution in [0.25, 0.3) is 0 Å². The maximum Gasteiger partial charge on any atom is 0.407 e. The molecule has 0 bridgehead atoms. The van der Waals surface area contributed by atoms with Gasteiger partial charge in [-0.1, -0.05) is 12.1 Å². The predicted octanol–water partition coefficient (Wildman–Crippen LogP) is 3.79. The van der Waals surface area contributed by atoms with Crippen molar-refractivity contribution >= 4 is 23.5 Å². The van der Waals surface area contributed by atoms with E-state index in [-0.39, 0.29) is 12.1 Å². The summed E-state index contributed by atoms with van der Waals surface area (Å²) in [6.07, 6.45) is -0.0276. The lowest BCUT2D eigenvalue weighted by atomic mass is 10.1. The average molecular weight is 424 g/mol. The van der Waals surface area contributed by atoms with E-state index in [0.29, 0.717) is 42.3 Å². The molecule has 2 unspecified atom stereocenters. The van der Waals surface area contributed by atoms with Gasteiger partial charge in [-0.2, -0.15) is 5.26 Å². The predicted molar refractivity (Wildman–Crippen MR) is 114 cm³/mol. The van der Waals surface area contributed by atoms with Crippen LogP contribution in [-0.2, 0) is 9.47 Å². The molecule has 31 heavy (non-hydrogen) atoms. The standard InChI is InChI=1S/C22H24N4O5/c1-14(24-22(28)31-19-8-9-30-13-19)15-4-3-5-17(10-15)25-21(27)26-18-7-6-16(12-23)20(11-18)29-2/h3-7,10-11,14,19H,8-9,13H2,1-2H3,(H,24,28)(H2,25,26,27). The molecule has 3 N–H and O–H groups in total. The number of benzene rings is 2. The van der Waals surface area contributed by atoms with Crippen LogP contribution in [0, 0.1) is 11.3 Å². The van der Waals surface area contributed by atoms with E-state index in [0.717, 1.165) is 5.56 Å². The Balaban J connectivity index is 1.57. The molecule has 0 saturated carbocycles. The van der Waals surface area contributed by atoms with E-state index in [9.17, 15) is 9.59 Å². The van der Waals surface area contributed by atoms with Crippen molar-refractivity contribution in [3.05, 3.63) is 53.6 Å². The molecule has 3 rings (SSSR count). The number of hydrogen-bond acceptors (Lipinski definition) is 6. The topological polar surface area (TPSA) is 122 Å². The van der Waals surface area contributed by atoms with Crippen molar-refractivity contribution in [2.24, 2.45) is 0 Å². The normalized spacial score (nSPS) is 16.0. The minimum atomic E-state index is -0.506. The van der Waals surface area contributed by atoms with E-state index in [1.165, 1.54) is 7.11 Å². The smallest absolute Gasteiger partial charge is 0.407 e. The lowest BCUT2D eigenvalue weighted by Gasteiger charge is -2.17. The molecule has 1 saturated heterocycles. The van der Waals surface area contributed by atoms with Crippen molar-refractivity contribution in [3.8, 4) is 11.8 Å². The summed E-state index contributed by atoms with van der Waals surface area (Å²) in [5.74, 6) is 0.373. The monoisotopic (exact) mass is 424 g/mol. The second kappa shape index (κ2) is 10.3. The summed E-state index contributed by atoms with van der Waals surface area (Å²) in [7, 11) is 1.46. The number of urea groups is 1. The lowest BCUT2D eigenvalue weighted by Crippen LogP contribution is -2.31. The van der Waals surface area contributed by atoms with Gasteiger partial charge in [0.25, 0.3) is 0 Å². The van der Waals surface area contributed by atoms with Crippen molar-refractivity contribution in [1.82, 2.24) is 5.32 Å². The summed E-state index contributed by atoms with van der Waals surface area (Å²) in [5.41, 5.74) is 2.22. The first-order chi connectivity index (χ1) is 15.0. The number of anilines is 2. The Bertz CT molecular complexity index is 982. The molecule has 0 radical (unpaired) electrons. The van der Waals surface area contributed by atoms with E-state index >= 15 is 0 Å². The van der Waals surface area contributed by atoms with Gasteiger partial charge in [-0.25, -0.2) is 9.59 Å². The van der Waals surface area contributed by atoms with Crippen molar-refractivity contribution in [3.63, 3.8) is 0 Å². The van der Waals surface area contributed by atoms with E-state index in [2.05, 4.69) is 16.0 Å². The first-order valence-corrected chi connectivity index (χ1v) is 9.79. The third-order valence-electron chi connectivity index (χ3n) is 4.72. The van der Waals surface area contributed by atoms with E-state index < -0.39 is 12.1 Å². The van der Waals surface area contributed by atoms with Gasteiger partial charge in [0.05, 0.1) is 31.9 Å². The zero-order valence-corrected chi connectivity index (χ0v) is 17.3. The van der Waals surface area contributed by atoms with Crippen LogP contribution < -0.4 is 20.7 Å². The summed E-state index contributed by atoms with van der Waals surface area (Å²) in [4.78, 5) is 24.4. The molecule has 0 aromatic heterocycles. The molecule has 2 aromatic carbocycles. The molecule has 1 aliphatic heterocycles. The number of carbonyl (C=O) groups excluding carboxylic acids is 2. The minimum Gasteiger partial charge on any atom is -0.495 e. The van der Waals surface area contributed by atoms with Crippen molar-refractivity contribution < 1.29 is 23.8 Å². The number of amides is 3. The van der Waals surface area contributed by atoms with Crippen molar-refractivity contribution in [2.75, 3.05) is 31.0 Å². The largest absolute Gasteiger partial charge is 0.495 e. The number of nitrogens with zero attached hydrogens (tertiary/aromatic N) is 1. The summed E-state index contributed by atoms with van der Waals surface area (Å²) in [5, 5.41) is 17.3. The van der Waals surface area contributed by atoms with Gasteiger partial charge in [0.15, 0.2) is 0 Å². The lowest BCUT2D eigenvalue weighted by molar-refractivity contribution is 0.0812. The molecule has 1 fully saturated rings. The number of nitrogens with one attached hydrogen (secondary N) is 3. The van der Waals surface area contributed by atoms with Crippen LogP contribution in [0.3, 0.4) is 0 Å². The number of alkyl carbamates (subject to hydrolysis) is 1. The maximum atomic E-state index is 12.4. The second-order valence-corrected chi connectivity index (χ2v) is 6.99. The van der Waals surface area contributed by atoms with E-state index in [1.807, 2.05) is 19.1 Å². The van der Waals surface area contributed by atoms with Gasteiger partial charge in [-0.05, 0) is 36.8 Å². The summed E-state index contributed by atoms with van der Waals surface area (Å²) in [6.45, 7) is 2.84. The number of ether oxygens (including phenoxy) is 3. The molecule has 1 heterocycles. The fraction of sp³-hybridized carbons (Fsp3) is 0.318. The first-order valence-electron chi connectivity index (χ1n) is 9.79. The Kier molecular flexibility index (Phi) is 7.30. The molecule has 9 nitrogen and oxygen atoms in total. The molecule has 9 heteroatoms. The van der Waals surface area contributed by atoms with Crippen LogP contribution in [0.15, 0.2) is 42.5 Å². The summed E-state index contributed by atoms with van der Waals surface area (Å²) in [6, 6.07) is 13.1. The SMILES string of the molecule is COc1cc(NC(=O)Nc2cccc(C(C)NC(=O)OC3CCOC3)c2)ccc1C#N. The van der Waals surface area contributed by atoms with Gasteiger partial charge in [0.1, 0.15) is 17.9 Å². The third kappa shape index (κ3) is 6.10. The number of nitriles is 1. The Hall–Kier alpha value is -3.77. The Morgan fingerprint density at radius 3 is 2.65 bits per heavy atom. The number of methoxy groups -OCH3 is 1. The van der Waals surface area contributed by atoms with Gasteiger partial charge < -0.3 is 30.2 Å². The molecule has 0 spiro atoms. The zero-order chi connectivity index (χ0) is 22.2. The third-order valence-corrected chi connectivity index (χ3v) is 4.72. The van der Waals surface area contributed by atoms with Crippen LogP contribution in [0.2, 0.25) is 0 Å². The van der Waals surface area contributed by atoms with Crippen LogP contribution >= 0.6 is 0 Å². The fourth-order valence-electron chi connectivity index (χ4n) is 3.09. The van der Waals surface area contributed by atoms with Crippen molar-refractivity contribution in [1.29, 1.82) is 5.26 Å². The fourth-order valence-corrected chi connectivity index (χ4v) is 3.09. The molecule has 1 aliphatic rings. The molecule has 0 aliphatic carbocycles. The highest BCUT2D eigenvalue weighted by Gasteiger charge is 2.21. The summed E-state index contributed by atoms with van der Waals surface area (Å²) >= 11 is 0. The molecular formula is C22H24N4O5. The molecular weight excluding hydrogens is 400 g/mol. The van der Waals surface area contributed by atoms with Gasteiger partial charge >= 0.3 is 12.1 Å². The first kappa shape index (κ1) is 21.9. The Morgan fingerprint density at radius 2 is 1.97 bits per heavy atom. The van der Waals surface area contributed by atoms with Crippen molar-refractivity contribution in [2.45, 2.75) is 25.5 Å². The van der Waals surface area contributed by atoms with Gasteiger partial charge in [0, 0.05) is 23.9 Å². The highest BCUT2D eigenvalue weighted by atomic mass is 16.6. The molecule has 162 valence electrons. The van der Waals surface area contributed by atoms with Gasteiger partial charge in [-0.3, -0.25) is 0 Å². The number of carbonyl (C=O) groups is 2. The number of hydrogen-bond donors (Lipinski definition) is 3. The maximum absolute atomic E-state index is 12.4. The van der Waals surface area contributed by atoms with Gasteiger partial charge in [-0.15, -0.1) is 0 Å². The molecule has 2 atom stereocenters. The zero-order valence-electron chi connectivity index (χ0n) is 17.3. The van der Waals surface area contributed by atoms with E-state index in [4.69, 9.17) is 19.5 Å². The quantitative estimate of drug-likeness (QED) is 0.649.